The number of hydrogen-bond acceptors (Lipinski definition) is 3. The van der Waals surface area contributed by atoms with Crippen molar-refractivity contribution in [3.05, 3.63) is 35.9 Å². The molecule has 0 aliphatic rings. The van der Waals surface area contributed by atoms with E-state index in [9.17, 15) is 0 Å². The molecular weight excluding hydrogens is 170 g/mol. The predicted molar refractivity (Wildman–Crippen MR) is 53.5 cm³/mol. The molecule has 0 radical (unpaired) electrons. The molecule has 0 amide bonds. The highest BCUT2D eigenvalue weighted by Crippen LogP contribution is 2.10. The molecule has 2 nitrogen and oxygen atoms in total. The molecule has 12 heavy (non-hydrogen) atoms. The third-order valence-corrected chi connectivity index (χ3v) is 2.09. The topological polar surface area (TPSA) is 21.6 Å². The quantitative estimate of drug-likeness (QED) is 0.397. The summed E-state index contributed by atoms with van der Waals surface area (Å²) < 4.78 is 0. The van der Waals surface area contributed by atoms with Crippen LogP contribution in [-0.4, -0.2) is 18.4 Å². The molecule has 0 saturated heterocycles. The van der Waals surface area contributed by atoms with Crippen LogP contribution in [0.1, 0.15) is 5.56 Å². The third kappa shape index (κ3) is 2.27. The van der Waals surface area contributed by atoms with E-state index < -0.39 is 0 Å². The van der Waals surface area contributed by atoms with Crippen LogP contribution in [-0.2, 0) is 4.84 Å². The van der Waals surface area contributed by atoms with Gasteiger partial charge in [0.1, 0.15) is 12.2 Å². The SMILES string of the molecule is CO/N=C(\SC)c1ccccc1. The van der Waals surface area contributed by atoms with Gasteiger partial charge in [-0.3, -0.25) is 0 Å². The Labute approximate surface area is 76.6 Å². The first-order valence-electron chi connectivity index (χ1n) is 3.59. The lowest BCUT2D eigenvalue weighted by Gasteiger charge is -2.00. The summed E-state index contributed by atoms with van der Waals surface area (Å²) in [6.45, 7) is 0. The number of thioether (sulfide) groups is 1. The summed E-state index contributed by atoms with van der Waals surface area (Å²) in [5.41, 5.74) is 1.09. The van der Waals surface area contributed by atoms with Gasteiger partial charge in [-0.05, 0) is 6.26 Å². The second kappa shape index (κ2) is 4.83. The Morgan fingerprint density at radius 2 is 2.00 bits per heavy atom. The van der Waals surface area contributed by atoms with Gasteiger partial charge in [0.15, 0.2) is 0 Å². The Balaban J connectivity index is 2.88. The van der Waals surface area contributed by atoms with Gasteiger partial charge in [0.05, 0.1) is 0 Å². The van der Waals surface area contributed by atoms with Crippen LogP contribution in [0.2, 0.25) is 0 Å². The summed E-state index contributed by atoms with van der Waals surface area (Å²) in [6, 6.07) is 9.96. The highest BCUT2D eigenvalue weighted by atomic mass is 32.2. The van der Waals surface area contributed by atoms with Crippen LogP contribution in [0.5, 0.6) is 0 Å². The monoisotopic (exact) mass is 181 g/mol. The third-order valence-electron chi connectivity index (χ3n) is 1.39. The van der Waals surface area contributed by atoms with Crippen LogP contribution in [0.3, 0.4) is 0 Å². The molecule has 64 valence electrons. The van der Waals surface area contributed by atoms with Crippen molar-refractivity contribution in [2.75, 3.05) is 13.4 Å². The van der Waals surface area contributed by atoms with Gasteiger partial charge in [0.2, 0.25) is 0 Å². The van der Waals surface area contributed by atoms with E-state index in [1.807, 2.05) is 36.6 Å². The largest absolute Gasteiger partial charge is 0.398 e. The summed E-state index contributed by atoms with van der Waals surface area (Å²) >= 11 is 1.57. The molecule has 1 aromatic rings. The van der Waals surface area contributed by atoms with Gasteiger partial charge in [-0.2, -0.15) is 0 Å². The van der Waals surface area contributed by atoms with E-state index in [2.05, 4.69) is 5.16 Å². The summed E-state index contributed by atoms with van der Waals surface area (Å²) in [5, 5.41) is 4.79. The van der Waals surface area contributed by atoms with Gasteiger partial charge in [0, 0.05) is 5.56 Å². The zero-order chi connectivity index (χ0) is 8.81. The molecule has 0 saturated carbocycles. The van der Waals surface area contributed by atoms with Crippen molar-refractivity contribution in [1.29, 1.82) is 0 Å². The summed E-state index contributed by atoms with van der Waals surface area (Å²) in [5.74, 6) is 0. The fourth-order valence-corrected chi connectivity index (χ4v) is 1.39. The highest BCUT2D eigenvalue weighted by molar-refractivity contribution is 8.13. The molecule has 3 heteroatoms. The normalized spacial score (nSPS) is 11.3. The van der Waals surface area contributed by atoms with Crippen LogP contribution < -0.4 is 0 Å². The number of benzene rings is 1. The van der Waals surface area contributed by atoms with Gasteiger partial charge in [-0.15, -0.1) is 11.8 Å². The minimum atomic E-state index is 0.901. The second-order valence-corrected chi connectivity index (χ2v) is 2.94. The maximum Gasteiger partial charge on any atom is 0.142 e. The maximum atomic E-state index is 4.72. The van der Waals surface area contributed by atoms with E-state index in [1.54, 1.807) is 18.9 Å². The molecule has 0 bridgehead atoms. The van der Waals surface area contributed by atoms with Gasteiger partial charge in [-0.25, -0.2) is 0 Å². The number of hydrogen-bond donors (Lipinski definition) is 0. The minimum absolute atomic E-state index is 0.901. The average molecular weight is 181 g/mol. The van der Waals surface area contributed by atoms with E-state index in [4.69, 9.17) is 4.84 Å². The molecule has 1 rings (SSSR count). The van der Waals surface area contributed by atoms with Crippen LogP contribution in [0.15, 0.2) is 35.5 Å². The van der Waals surface area contributed by atoms with Crippen molar-refractivity contribution in [3.8, 4) is 0 Å². The number of nitrogens with zero attached hydrogens (tertiary/aromatic N) is 1. The highest BCUT2D eigenvalue weighted by Gasteiger charge is 1.99. The van der Waals surface area contributed by atoms with E-state index in [-0.39, 0.29) is 0 Å². The zero-order valence-corrected chi connectivity index (χ0v) is 7.97. The first kappa shape index (κ1) is 9.13. The first-order valence-corrected chi connectivity index (χ1v) is 4.81. The van der Waals surface area contributed by atoms with Crippen molar-refractivity contribution in [1.82, 2.24) is 0 Å². The molecular formula is C9H11NOS. The van der Waals surface area contributed by atoms with Crippen LogP contribution in [0.25, 0.3) is 0 Å². The van der Waals surface area contributed by atoms with E-state index in [0.717, 1.165) is 10.6 Å². The van der Waals surface area contributed by atoms with Crippen LogP contribution in [0, 0.1) is 0 Å². The molecule has 0 fully saturated rings. The lowest BCUT2D eigenvalue weighted by Crippen LogP contribution is -1.94. The molecule has 0 aromatic heterocycles. The Morgan fingerprint density at radius 1 is 1.33 bits per heavy atom. The summed E-state index contributed by atoms with van der Waals surface area (Å²) in [4.78, 5) is 4.72. The van der Waals surface area contributed by atoms with Gasteiger partial charge in [-0.1, -0.05) is 35.5 Å². The Morgan fingerprint density at radius 3 is 2.50 bits per heavy atom. The van der Waals surface area contributed by atoms with Crippen LogP contribution in [0.4, 0.5) is 0 Å². The first-order chi connectivity index (χ1) is 5.88. The van der Waals surface area contributed by atoms with Gasteiger partial charge < -0.3 is 4.84 Å². The zero-order valence-electron chi connectivity index (χ0n) is 7.15. The fourth-order valence-electron chi connectivity index (χ4n) is 0.871. The predicted octanol–water partition coefficient (Wildman–Crippen LogP) is 2.36. The van der Waals surface area contributed by atoms with Crippen molar-refractivity contribution in [3.63, 3.8) is 0 Å². The lowest BCUT2D eigenvalue weighted by molar-refractivity contribution is 0.215. The molecule has 0 spiro atoms. The molecule has 0 aliphatic heterocycles. The fraction of sp³-hybridized carbons (Fsp3) is 0.222. The molecule has 1 aromatic carbocycles. The maximum absolute atomic E-state index is 4.72. The van der Waals surface area contributed by atoms with E-state index in [1.165, 1.54) is 0 Å². The van der Waals surface area contributed by atoms with Crippen LogP contribution >= 0.6 is 11.8 Å². The van der Waals surface area contributed by atoms with Gasteiger partial charge >= 0.3 is 0 Å². The van der Waals surface area contributed by atoms with Crippen molar-refractivity contribution in [2.24, 2.45) is 5.16 Å². The smallest absolute Gasteiger partial charge is 0.142 e. The number of oxime groups is 1. The molecule has 0 aliphatic carbocycles. The molecule has 0 N–H and O–H groups in total. The Kier molecular flexibility index (Phi) is 3.67. The minimum Gasteiger partial charge on any atom is -0.398 e. The summed E-state index contributed by atoms with van der Waals surface area (Å²) in [6.07, 6.45) is 1.98. The Bertz CT molecular complexity index is 258. The van der Waals surface area contributed by atoms with Gasteiger partial charge in [0.25, 0.3) is 0 Å². The molecule has 0 unspecified atom stereocenters. The van der Waals surface area contributed by atoms with Crippen molar-refractivity contribution >= 4 is 16.8 Å². The summed E-state index contributed by atoms with van der Waals surface area (Å²) in [7, 11) is 1.55. The standard InChI is InChI=1S/C9H11NOS/c1-11-10-9(12-2)8-6-4-3-5-7-8/h3-7H,1-2H3/b10-9-. The Hall–Kier alpha value is -0.960. The van der Waals surface area contributed by atoms with E-state index >= 15 is 0 Å². The molecule has 0 heterocycles. The van der Waals surface area contributed by atoms with Crippen molar-refractivity contribution in [2.45, 2.75) is 0 Å². The average Bonchev–Trinajstić information content (AvgIpc) is 2.15. The molecule has 0 atom stereocenters. The van der Waals surface area contributed by atoms with Crippen molar-refractivity contribution < 1.29 is 4.84 Å². The van der Waals surface area contributed by atoms with E-state index in [0.29, 0.717) is 0 Å². The number of rotatable bonds is 2. The second-order valence-electron chi connectivity index (χ2n) is 2.15. The lowest BCUT2D eigenvalue weighted by atomic mass is 10.2.